The summed E-state index contributed by atoms with van der Waals surface area (Å²) in [5.74, 6) is 1.14. The van der Waals surface area contributed by atoms with Gasteiger partial charge in [0.2, 0.25) is 6.17 Å². The predicted octanol–water partition coefficient (Wildman–Crippen LogP) is 14.5. The highest BCUT2D eigenvalue weighted by atomic mass is 15.0. The van der Waals surface area contributed by atoms with Crippen molar-refractivity contribution in [3.05, 3.63) is 42.1 Å². The molecule has 0 amide bonds. The quantitative estimate of drug-likeness (QED) is 0.0552. The molecule has 0 aromatic heterocycles. The van der Waals surface area contributed by atoms with Crippen LogP contribution in [0.3, 0.4) is 0 Å². The third-order valence-corrected chi connectivity index (χ3v) is 10.3. The normalized spacial score (nSPS) is 14.0. The van der Waals surface area contributed by atoms with Gasteiger partial charge in [-0.15, -0.1) is 0 Å². The second-order valence-electron chi connectivity index (χ2n) is 14.4. The lowest BCUT2D eigenvalue weighted by molar-refractivity contribution is 0.284. The van der Waals surface area contributed by atoms with Gasteiger partial charge in [-0.1, -0.05) is 228 Å². The van der Waals surface area contributed by atoms with Crippen LogP contribution in [0.2, 0.25) is 0 Å². The number of rotatable bonds is 33. The summed E-state index contributed by atoms with van der Waals surface area (Å²) < 4.78 is 0. The van der Waals surface area contributed by atoms with Gasteiger partial charge in [0.1, 0.15) is 0 Å². The summed E-state index contributed by atoms with van der Waals surface area (Å²) in [6.45, 7) is 4.61. The summed E-state index contributed by atoms with van der Waals surface area (Å²) in [6, 6.07) is 11.2. The zero-order valence-electron chi connectivity index (χ0n) is 30.3. The second kappa shape index (κ2) is 29.8. The highest BCUT2D eigenvalue weighted by molar-refractivity contribution is 6.18. The van der Waals surface area contributed by atoms with Crippen molar-refractivity contribution < 1.29 is 0 Å². The van der Waals surface area contributed by atoms with Gasteiger partial charge in [0.05, 0.1) is 5.92 Å². The maximum absolute atomic E-state index is 4.76. The fraction of sp³-hybridized carbons (Fsp3) is 0.791. The van der Waals surface area contributed by atoms with E-state index < -0.39 is 0 Å². The molecule has 1 aliphatic rings. The summed E-state index contributed by atoms with van der Waals surface area (Å²) in [7, 11) is 0. The van der Waals surface area contributed by atoms with Crippen LogP contribution in [-0.4, -0.2) is 12.4 Å². The Morgan fingerprint density at radius 2 is 0.800 bits per heavy atom. The molecule has 2 nitrogen and oxygen atoms in total. The molecule has 0 spiro atoms. The van der Waals surface area contributed by atoms with Crippen LogP contribution < -0.4 is 0 Å². The molecule has 0 radical (unpaired) electrons. The summed E-state index contributed by atoms with van der Waals surface area (Å²) in [5.41, 5.74) is 1.48. The standard InChI is InChI=1S/C43H75N2/c1-3-5-7-9-11-13-15-16-17-18-19-21-23-25-27-32-36-42(43-44-37-38-45-43)41(39-40-33-29-28-30-34-40)35-31-26-24-22-20-14-12-10-8-6-4-2/h28-30,33-34,37-38,41-42H,3-27,31-32,35-36,39H2,1-2H3/q+1. The van der Waals surface area contributed by atoms with Crippen molar-refractivity contribution in [2.24, 2.45) is 21.8 Å². The van der Waals surface area contributed by atoms with Gasteiger partial charge in [-0.25, -0.2) is 0 Å². The van der Waals surface area contributed by atoms with Gasteiger partial charge < -0.3 is 0 Å². The van der Waals surface area contributed by atoms with E-state index in [1.165, 1.54) is 192 Å². The Hall–Kier alpha value is -1.57. The largest absolute Gasteiger partial charge is 0.244 e. The van der Waals surface area contributed by atoms with Gasteiger partial charge in [-0.05, 0) is 30.7 Å². The van der Waals surface area contributed by atoms with E-state index >= 15 is 0 Å². The molecule has 1 aromatic rings. The number of hydrogen-bond donors (Lipinski definition) is 0. The third-order valence-electron chi connectivity index (χ3n) is 10.3. The van der Waals surface area contributed by atoms with Gasteiger partial charge in [0.15, 0.2) is 12.4 Å². The van der Waals surface area contributed by atoms with Gasteiger partial charge in [0.25, 0.3) is 0 Å². The predicted molar refractivity (Wildman–Crippen MR) is 203 cm³/mol. The first-order chi connectivity index (χ1) is 22.3. The minimum absolute atomic E-state index is 0.495. The molecule has 0 bridgehead atoms. The minimum atomic E-state index is 0.495. The molecule has 0 fully saturated rings. The monoisotopic (exact) mass is 620 g/mol. The van der Waals surface area contributed by atoms with Crippen molar-refractivity contribution in [1.29, 1.82) is 0 Å². The SMILES string of the molecule is CCCCCCCCCCCCCCCCCCC([C+]1N=CC=N1)C(CCCCCCCCCCCCC)Cc1ccccc1. The molecule has 256 valence electrons. The number of benzene rings is 1. The van der Waals surface area contributed by atoms with E-state index in [2.05, 4.69) is 44.2 Å². The third kappa shape index (κ3) is 21.8. The van der Waals surface area contributed by atoms with Gasteiger partial charge in [0, 0.05) is 0 Å². The zero-order valence-corrected chi connectivity index (χ0v) is 30.3. The van der Waals surface area contributed by atoms with E-state index in [1.807, 2.05) is 12.4 Å². The molecule has 2 unspecified atom stereocenters. The Labute approximate surface area is 282 Å². The van der Waals surface area contributed by atoms with Crippen LogP contribution in [0, 0.1) is 18.0 Å². The molecule has 45 heavy (non-hydrogen) atoms. The van der Waals surface area contributed by atoms with E-state index in [-0.39, 0.29) is 0 Å². The Balaban J connectivity index is 1.64. The number of nitrogens with zero attached hydrogens (tertiary/aromatic N) is 2. The van der Waals surface area contributed by atoms with Crippen LogP contribution >= 0.6 is 0 Å². The van der Waals surface area contributed by atoms with Crippen LogP contribution in [0.1, 0.15) is 206 Å². The lowest BCUT2D eigenvalue weighted by Gasteiger charge is -2.26. The average molecular weight is 620 g/mol. The van der Waals surface area contributed by atoms with E-state index in [0.717, 1.165) is 12.6 Å². The van der Waals surface area contributed by atoms with Gasteiger partial charge in [-0.3, -0.25) is 0 Å². The topological polar surface area (TPSA) is 24.7 Å². The Morgan fingerprint density at radius 1 is 0.444 bits per heavy atom. The summed E-state index contributed by atoms with van der Waals surface area (Å²) in [5, 5.41) is 0. The number of aliphatic imine (C=N–C) groups is 2. The summed E-state index contributed by atoms with van der Waals surface area (Å²) >= 11 is 0. The maximum Gasteiger partial charge on any atom is 0.244 e. The zero-order chi connectivity index (χ0) is 31.9. The molecular weight excluding hydrogens is 544 g/mol. The fourth-order valence-corrected chi connectivity index (χ4v) is 7.37. The minimum Gasteiger partial charge on any atom is -0.0965 e. The Kier molecular flexibility index (Phi) is 26.2. The molecule has 2 atom stereocenters. The fourth-order valence-electron chi connectivity index (χ4n) is 7.37. The van der Waals surface area contributed by atoms with E-state index in [9.17, 15) is 0 Å². The van der Waals surface area contributed by atoms with Gasteiger partial charge in [-0.2, -0.15) is 0 Å². The molecule has 0 aliphatic carbocycles. The molecule has 0 N–H and O–H groups in total. The van der Waals surface area contributed by atoms with Crippen LogP contribution in [0.15, 0.2) is 40.3 Å². The molecule has 2 rings (SSSR count). The van der Waals surface area contributed by atoms with Crippen LogP contribution in [0.5, 0.6) is 0 Å². The Morgan fingerprint density at radius 3 is 1.20 bits per heavy atom. The molecule has 1 aliphatic heterocycles. The summed E-state index contributed by atoms with van der Waals surface area (Å²) in [4.78, 5) is 9.53. The van der Waals surface area contributed by atoms with Crippen LogP contribution in [-0.2, 0) is 6.42 Å². The van der Waals surface area contributed by atoms with Crippen LogP contribution in [0.4, 0.5) is 0 Å². The maximum atomic E-state index is 4.76. The first kappa shape index (κ1) is 39.6. The molecule has 1 heterocycles. The lowest BCUT2D eigenvalue weighted by Crippen LogP contribution is -2.22. The highest BCUT2D eigenvalue weighted by Crippen LogP contribution is 2.37. The van der Waals surface area contributed by atoms with Crippen molar-refractivity contribution in [2.45, 2.75) is 206 Å². The van der Waals surface area contributed by atoms with Crippen LogP contribution in [0.25, 0.3) is 0 Å². The number of hydrogen-bond acceptors (Lipinski definition) is 2. The Bertz CT molecular complexity index is 787. The van der Waals surface area contributed by atoms with Crippen molar-refractivity contribution in [3.8, 4) is 0 Å². The van der Waals surface area contributed by atoms with E-state index in [0.29, 0.717) is 11.8 Å². The van der Waals surface area contributed by atoms with E-state index in [1.54, 1.807) is 0 Å². The average Bonchev–Trinajstić information content (AvgIpc) is 3.60. The van der Waals surface area contributed by atoms with Crippen molar-refractivity contribution >= 4 is 12.4 Å². The van der Waals surface area contributed by atoms with E-state index in [4.69, 9.17) is 9.98 Å². The van der Waals surface area contributed by atoms with Crippen molar-refractivity contribution in [2.75, 3.05) is 0 Å². The molecule has 2 heteroatoms. The van der Waals surface area contributed by atoms with Crippen molar-refractivity contribution in [1.82, 2.24) is 0 Å². The molecule has 0 saturated heterocycles. The highest BCUT2D eigenvalue weighted by Gasteiger charge is 2.35. The van der Waals surface area contributed by atoms with Crippen molar-refractivity contribution in [3.63, 3.8) is 0 Å². The first-order valence-electron chi connectivity index (χ1n) is 20.3. The first-order valence-corrected chi connectivity index (χ1v) is 20.3. The molecular formula is C43H75N2+. The smallest absolute Gasteiger partial charge is 0.0965 e. The lowest BCUT2D eigenvalue weighted by atomic mass is 9.78. The second-order valence-corrected chi connectivity index (χ2v) is 14.4. The summed E-state index contributed by atoms with van der Waals surface area (Å²) in [6.07, 6.45) is 47.0. The molecule has 0 saturated carbocycles. The van der Waals surface area contributed by atoms with Gasteiger partial charge >= 0.3 is 0 Å². The molecule has 1 aromatic carbocycles. The number of unbranched alkanes of at least 4 members (excludes halogenated alkanes) is 25.